The van der Waals surface area contributed by atoms with E-state index < -0.39 is 5.60 Å². The van der Waals surface area contributed by atoms with Crippen LogP contribution in [-0.2, 0) is 4.79 Å². The van der Waals surface area contributed by atoms with E-state index in [0.29, 0.717) is 12.0 Å². The van der Waals surface area contributed by atoms with Gasteiger partial charge >= 0.3 is 0 Å². The lowest BCUT2D eigenvalue weighted by Crippen LogP contribution is -2.49. The van der Waals surface area contributed by atoms with Gasteiger partial charge in [-0.3, -0.25) is 4.79 Å². The van der Waals surface area contributed by atoms with Crippen molar-refractivity contribution in [2.75, 3.05) is 6.61 Å². The summed E-state index contributed by atoms with van der Waals surface area (Å²) < 4.78 is 0. The second-order valence-electron chi connectivity index (χ2n) is 6.63. The standard InChI is InChI=1S/C15H20O3/c1-9-10-6-13(2,8-16)7-11(10)12(17)14(3,18)15(9)4-5-15/h7,16,18H,4-6,8H2,1-3H3/t13?,14-/m0/s1. The summed E-state index contributed by atoms with van der Waals surface area (Å²) in [6, 6.07) is 0. The summed E-state index contributed by atoms with van der Waals surface area (Å²) in [7, 11) is 0. The number of ketones is 1. The van der Waals surface area contributed by atoms with Crippen molar-refractivity contribution in [1.29, 1.82) is 0 Å². The van der Waals surface area contributed by atoms with E-state index in [9.17, 15) is 15.0 Å². The molecule has 0 radical (unpaired) electrons. The van der Waals surface area contributed by atoms with Gasteiger partial charge in [-0.05, 0) is 38.7 Å². The largest absolute Gasteiger partial charge is 0.395 e. The molecule has 1 fully saturated rings. The number of fused-ring (bicyclic) bond motifs is 1. The number of aliphatic hydroxyl groups excluding tert-OH is 1. The van der Waals surface area contributed by atoms with Gasteiger partial charge in [-0.2, -0.15) is 0 Å². The molecule has 3 nitrogen and oxygen atoms in total. The quantitative estimate of drug-likeness (QED) is 0.743. The van der Waals surface area contributed by atoms with E-state index in [1.807, 2.05) is 19.9 Å². The summed E-state index contributed by atoms with van der Waals surface area (Å²) in [5.74, 6) is -0.155. The third-order valence-electron chi connectivity index (χ3n) is 5.30. The monoisotopic (exact) mass is 248 g/mol. The van der Waals surface area contributed by atoms with E-state index in [0.717, 1.165) is 24.0 Å². The van der Waals surface area contributed by atoms with Crippen molar-refractivity contribution in [3.63, 3.8) is 0 Å². The van der Waals surface area contributed by atoms with Gasteiger partial charge in [-0.15, -0.1) is 0 Å². The first-order chi connectivity index (χ1) is 8.27. The molecule has 0 bridgehead atoms. The summed E-state index contributed by atoms with van der Waals surface area (Å²) >= 11 is 0. The lowest BCUT2D eigenvalue weighted by molar-refractivity contribution is -0.137. The highest BCUT2D eigenvalue weighted by Gasteiger charge is 2.65. The number of carbonyl (C=O) groups is 1. The molecular formula is C15H20O3. The Morgan fingerprint density at radius 3 is 2.44 bits per heavy atom. The SMILES string of the molecule is CC1=C2CC(C)(CO)C=C2C(=O)[C@](C)(O)C12CC2. The Morgan fingerprint density at radius 1 is 1.33 bits per heavy atom. The van der Waals surface area contributed by atoms with Gasteiger partial charge in [0.15, 0.2) is 5.78 Å². The van der Waals surface area contributed by atoms with E-state index in [-0.39, 0.29) is 23.2 Å². The average molecular weight is 248 g/mol. The summed E-state index contributed by atoms with van der Waals surface area (Å²) in [5, 5.41) is 20.1. The second kappa shape index (κ2) is 3.14. The van der Waals surface area contributed by atoms with Gasteiger partial charge in [-0.1, -0.05) is 18.6 Å². The molecule has 3 heteroatoms. The molecule has 0 saturated heterocycles. The molecule has 0 heterocycles. The fourth-order valence-corrected chi connectivity index (χ4v) is 3.74. The van der Waals surface area contributed by atoms with Gasteiger partial charge in [0.05, 0.1) is 6.61 Å². The zero-order chi connectivity index (χ0) is 13.3. The molecule has 0 aromatic carbocycles. The summed E-state index contributed by atoms with van der Waals surface area (Å²) in [4.78, 5) is 12.5. The van der Waals surface area contributed by atoms with Gasteiger partial charge in [-0.25, -0.2) is 0 Å². The topological polar surface area (TPSA) is 57.5 Å². The van der Waals surface area contributed by atoms with Crippen LogP contribution in [0.3, 0.4) is 0 Å². The zero-order valence-corrected chi connectivity index (χ0v) is 11.2. The molecule has 0 aliphatic heterocycles. The highest BCUT2D eigenvalue weighted by atomic mass is 16.3. The van der Waals surface area contributed by atoms with Gasteiger partial charge < -0.3 is 10.2 Å². The Morgan fingerprint density at radius 2 is 1.94 bits per heavy atom. The van der Waals surface area contributed by atoms with Gasteiger partial charge in [0.2, 0.25) is 0 Å². The molecule has 0 amide bonds. The predicted octanol–water partition coefficient (Wildman–Crippen LogP) is 1.75. The van der Waals surface area contributed by atoms with Gasteiger partial charge in [0.25, 0.3) is 0 Å². The maximum atomic E-state index is 12.5. The van der Waals surface area contributed by atoms with Crippen LogP contribution in [0.2, 0.25) is 0 Å². The second-order valence-corrected chi connectivity index (χ2v) is 6.63. The number of carbonyl (C=O) groups excluding carboxylic acids is 1. The molecule has 1 saturated carbocycles. The van der Waals surface area contributed by atoms with Crippen LogP contribution in [0.5, 0.6) is 0 Å². The highest BCUT2D eigenvalue weighted by Crippen LogP contribution is 2.65. The molecule has 1 spiro atoms. The van der Waals surface area contributed by atoms with Crippen molar-refractivity contribution in [2.45, 2.75) is 45.6 Å². The number of hydrogen-bond donors (Lipinski definition) is 2. The zero-order valence-electron chi connectivity index (χ0n) is 11.2. The third-order valence-corrected chi connectivity index (χ3v) is 5.30. The van der Waals surface area contributed by atoms with Crippen molar-refractivity contribution in [3.05, 3.63) is 22.8 Å². The van der Waals surface area contributed by atoms with Gasteiger partial charge in [0.1, 0.15) is 5.60 Å². The number of hydrogen-bond acceptors (Lipinski definition) is 3. The van der Waals surface area contributed by atoms with Crippen LogP contribution < -0.4 is 0 Å². The van der Waals surface area contributed by atoms with E-state index in [1.54, 1.807) is 6.92 Å². The third kappa shape index (κ3) is 1.19. The predicted molar refractivity (Wildman–Crippen MR) is 67.9 cm³/mol. The Labute approximate surface area is 107 Å². The molecule has 2 N–H and O–H groups in total. The smallest absolute Gasteiger partial charge is 0.194 e. The van der Waals surface area contributed by atoms with Crippen LogP contribution in [0.25, 0.3) is 0 Å². The first-order valence-electron chi connectivity index (χ1n) is 6.59. The maximum absolute atomic E-state index is 12.5. The van der Waals surface area contributed by atoms with E-state index in [4.69, 9.17) is 0 Å². The lowest BCUT2D eigenvalue weighted by Gasteiger charge is -2.38. The van der Waals surface area contributed by atoms with Crippen molar-refractivity contribution in [2.24, 2.45) is 10.8 Å². The van der Waals surface area contributed by atoms with Crippen LogP contribution >= 0.6 is 0 Å². The van der Waals surface area contributed by atoms with Crippen molar-refractivity contribution in [1.82, 2.24) is 0 Å². The average Bonchev–Trinajstić information content (AvgIpc) is 3.06. The molecule has 1 unspecified atom stereocenters. The lowest BCUT2D eigenvalue weighted by atomic mass is 9.68. The van der Waals surface area contributed by atoms with Crippen LogP contribution in [0, 0.1) is 10.8 Å². The van der Waals surface area contributed by atoms with Crippen molar-refractivity contribution in [3.8, 4) is 0 Å². The number of rotatable bonds is 1. The highest BCUT2D eigenvalue weighted by molar-refractivity contribution is 6.08. The van der Waals surface area contributed by atoms with Crippen LogP contribution in [-0.4, -0.2) is 28.2 Å². The van der Waals surface area contributed by atoms with Gasteiger partial charge in [0, 0.05) is 16.4 Å². The molecule has 3 rings (SSSR count). The van der Waals surface area contributed by atoms with Crippen molar-refractivity contribution < 1.29 is 15.0 Å². The first kappa shape index (κ1) is 12.1. The maximum Gasteiger partial charge on any atom is 0.194 e. The molecule has 18 heavy (non-hydrogen) atoms. The van der Waals surface area contributed by atoms with E-state index >= 15 is 0 Å². The van der Waals surface area contributed by atoms with E-state index in [1.165, 1.54) is 0 Å². The normalized spacial score (nSPS) is 41.2. The summed E-state index contributed by atoms with van der Waals surface area (Å²) in [5.41, 5.74) is 0.936. The summed E-state index contributed by atoms with van der Waals surface area (Å²) in [6.45, 7) is 5.69. The summed E-state index contributed by atoms with van der Waals surface area (Å²) in [6.07, 6.45) is 4.36. The molecule has 3 aliphatic carbocycles. The Balaban J connectivity index is 2.20. The van der Waals surface area contributed by atoms with Crippen LogP contribution in [0.1, 0.15) is 40.0 Å². The molecule has 98 valence electrons. The van der Waals surface area contributed by atoms with E-state index in [2.05, 4.69) is 0 Å². The Hall–Kier alpha value is -0.930. The first-order valence-corrected chi connectivity index (χ1v) is 6.59. The molecule has 2 atom stereocenters. The molecule has 3 aliphatic rings. The minimum Gasteiger partial charge on any atom is -0.395 e. The molecule has 0 aromatic rings. The fourth-order valence-electron chi connectivity index (χ4n) is 3.74. The Bertz CT molecular complexity index is 506. The fraction of sp³-hybridized carbons (Fsp3) is 0.667. The minimum absolute atomic E-state index is 0.0374. The number of aliphatic hydroxyl groups is 2. The Kier molecular flexibility index (Phi) is 2.12. The molecule has 0 aromatic heterocycles. The number of Topliss-reactive ketones (excluding diaryl/α,β-unsaturated/α-hetero) is 1. The van der Waals surface area contributed by atoms with Crippen LogP contribution in [0.15, 0.2) is 22.8 Å². The molecular weight excluding hydrogens is 228 g/mol. The van der Waals surface area contributed by atoms with Crippen molar-refractivity contribution >= 4 is 5.78 Å². The number of allylic oxidation sites excluding steroid dienone is 1. The van der Waals surface area contributed by atoms with Crippen LogP contribution in [0.4, 0.5) is 0 Å². The minimum atomic E-state index is -1.27.